The molecule has 1 amide bonds. The molecule has 1 saturated heterocycles. The molecule has 0 saturated carbocycles. The van der Waals surface area contributed by atoms with Crippen LogP contribution in [0.4, 0.5) is 0 Å². The smallest absolute Gasteiger partial charge is 0.228 e. The first-order valence-corrected chi connectivity index (χ1v) is 8.01. The molecule has 0 aromatic heterocycles. The van der Waals surface area contributed by atoms with Crippen LogP contribution in [0.25, 0.3) is 0 Å². The molecule has 6 heteroatoms. The van der Waals surface area contributed by atoms with Gasteiger partial charge in [0, 0.05) is 19.2 Å². The number of benzene rings is 1. The van der Waals surface area contributed by atoms with Gasteiger partial charge in [-0.15, -0.1) is 12.4 Å². The summed E-state index contributed by atoms with van der Waals surface area (Å²) in [5, 5.41) is 6.35. The van der Waals surface area contributed by atoms with E-state index in [0.29, 0.717) is 19.8 Å². The quantitative estimate of drug-likeness (QED) is 0.703. The van der Waals surface area contributed by atoms with Crippen molar-refractivity contribution >= 4 is 18.3 Å². The molecule has 1 aromatic carbocycles. The minimum Gasteiger partial charge on any atom is -0.489 e. The van der Waals surface area contributed by atoms with Crippen LogP contribution in [0.5, 0.6) is 5.75 Å². The van der Waals surface area contributed by atoms with Gasteiger partial charge in [-0.25, -0.2) is 0 Å². The lowest BCUT2D eigenvalue weighted by molar-refractivity contribution is -0.136. The van der Waals surface area contributed by atoms with Crippen LogP contribution in [0.2, 0.25) is 0 Å². The summed E-state index contributed by atoms with van der Waals surface area (Å²) in [6, 6.07) is 7.73. The van der Waals surface area contributed by atoms with Crippen molar-refractivity contribution in [1.29, 1.82) is 0 Å². The van der Waals surface area contributed by atoms with Gasteiger partial charge in [0.15, 0.2) is 0 Å². The van der Waals surface area contributed by atoms with E-state index in [0.717, 1.165) is 37.2 Å². The Bertz CT molecular complexity index is 525. The maximum atomic E-state index is 12.7. The van der Waals surface area contributed by atoms with E-state index in [2.05, 4.69) is 17.2 Å². The molecule has 0 spiro atoms. The van der Waals surface area contributed by atoms with E-state index >= 15 is 0 Å². The lowest BCUT2D eigenvalue weighted by Gasteiger charge is -2.35. The van der Waals surface area contributed by atoms with E-state index in [1.165, 1.54) is 0 Å². The lowest BCUT2D eigenvalue weighted by atomic mass is 9.78. The molecule has 1 aliphatic heterocycles. The van der Waals surface area contributed by atoms with Gasteiger partial charge in [-0.05, 0) is 32.0 Å². The molecule has 5 nitrogen and oxygen atoms in total. The van der Waals surface area contributed by atoms with Gasteiger partial charge >= 0.3 is 0 Å². The first-order chi connectivity index (χ1) is 11.2. The molecule has 0 aliphatic carbocycles. The molecule has 2 N–H and O–H groups in total. The fraction of sp³-hybridized carbons (Fsp3) is 0.500. The summed E-state index contributed by atoms with van der Waals surface area (Å²) >= 11 is 0. The number of hydrogen-bond acceptors (Lipinski definition) is 4. The Morgan fingerprint density at radius 1 is 1.38 bits per heavy atom. The normalized spacial score (nSPS) is 15.9. The Labute approximate surface area is 150 Å². The Hall–Kier alpha value is -1.56. The second-order valence-electron chi connectivity index (χ2n) is 5.85. The standard InChI is InChI=1S/C18H26N2O3.ClH/c1-3-12-23-16-7-5-4-6-15(16)13-20-17(21)18(14-22-2)8-10-19-11-9-18;/h3-7,19H,1,8-14H2,2H3,(H,20,21);1H. The van der Waals surface area contributed by atoms with Gasteiger partial charge in [0.1, 0.15) is 12.4 Å². The molecule has 1 heterocycles. The van der Waals surface area contributed by atoms with Crippen molar-refractivity contribution in [2.45, 2.75) is 19.4 Å². The number of ether oxygens (including phenoxy) is 2. The molecule has 1 fully saturated rings. The van der Waals surface area contributed by atoms with E-state index in [9.17, 15) is 4.79 Å². The van der Waals surface area contributed by atoms with E-state index in [1.54, 1.807) is 13.2 Å². The molecule has 0 bridgehead atoms. The third kappa shape index (κ3) is 5.23. The number of para-hydroxylation sites is 1. The van der Waals surface area contributed by atoms with Gasteiger partial charge < -0.3 is 20.1 Å². The van der Waals surface area contributed by atoms with Crippen LogP contribution in [-0.2, 0) is 16.1 Å². The number of nitrogens with one attached hydrogen (secondary N) is 2. The summed E-state index contributed by atoms with van der Waals surface area (Å²) in [7, 11) is 1.65. The molecule has 0 unspecified atom stereocenters. The number of hydrogen-bond donors (Lipinski definition) is 2. The summed E-state index contributed by atoms with van der Waals surface area (Å²) in [4.78, 5) is 12.7. The average molecular weight is 355 g/mol. The number of amides is 1. The second-order valence-corrected chi connectivity index (χ2v) is 5.85. The summed E-state index contributed by atoms with van der Waals surface area (Å²) in [5.41, 5.74) is 0.529. The van der Waals surface area contributed by atoms with E-state index in [-0.39, 0.29) is 18.3 Å². The first kappa shape index (κ1) is 20.5. The van der Waals surface area contributed by atoms with Crippen molar-refractivity contribution in [2.75, 3.05) is 33.4 Å². The van der Waals surface area contributed by atoms with Crippen LogP contribution < -0.4 is 15.4 Å². The van der Waals surface area contributed by atoms with Gasteiger partial charge in [0.05, 0.1) is 12.0 Å². The minimum absolute atomic E-state index is 0. The predicted octanol–water partition coefficient (Wildman–Crippen LogP) is 2.31. The van der Waals surface area contributed by atoms with Crippen molar-refractivity contribution in [3.8, 4) is 5.75 Å². The molecule has 0 atom stereocenters. The van der Waals surface area contributed by atoms with Crippen LogP contribution in [-0.4, -0.2) is 39.3 Å². The number of piperidine rings is 1. The molecule has 24 heavy (non-hydrogen) atoms. The highest BCUT2D eigenvalue weighted by Gasteiger charge is 2.39. The van der Waals surface area contributed by atoms with Crippen LogP contribution in [0.1, 0.15) is 18.4 Å². The fourth-order valence-corrected chi connectivity index (χ4v) is 2.92. The molecule has 134 valence electrons. The molecule has 0 radical (unpaired) electrons. The van der Waals surface area contributed by atoms with Crippen molar-refractivity contribution in [3.63, 3.8) is 0 Å². The highest BCUT2D eigenvalue weighted by Crippen LogP contribution is 2.29. The SMILES string of the molecule is C=CCOc1ccccc1CNC(=O)C1(COC)CCNCC1.Cl. The zero-order valence-corrected chi connectivity index (χ0v) is 15.0. The van der Waals surface area contributed by atoms with Crippen LogP contribution in [0.3, 0.4) is 0 Å². The van der Waals surface area contributed by atoms with Gasteiger partial charge in [-0.1, -0.05) is 30.9 Å². The van der Waals surface area contributed by atoms with Gasteiger partial charge in [-0.2, -0.15) is 0 Å². The van der Waals surface area contributed by atoms with E-state index in [1.807, 2.05) is 24.3 Å². The van der Waals surface area contributed by atoms with Crippen molar-refractivity contribution in [1.82, 2.24) is 10.6 Å². The number of halogens is 1. The fourth-order valence-electron chi connectivity index (χ4n) is 2.92. The Kier molecular flexibility index (Phi) is 8.82. The summed E-state index contributed by atoms with van der Waals surface area (Å²) < 4.78 is 10.9. The number of carbonyl (C=O) groups is 1. The van der Waals surface area contributed by atoms with Crippen LogP contribution in [0.15, 0.2) is 36.9 Å². The molecular weight excluding hydrogens is 328 g/mol. The third-order valence-electron chi connectivity index (χ3n) is 4.23. The first-order valence-electron chi connectivity index (χ1n) is 8.01. The van der Waals surface area contributed by atoms with Gasteiger partial charge in [0.25, 0.3) is 0 Å². The predicted molar refractivity (Wildman–Crippen MR) is 97.6 cm³/mol. The van der Waals surface area contributed by atoms with Crippen LogP contribution in [0, 0.1) is 5.41 Å². The van der Waals surface area contributed by atoms with Crippen LogP contribution >= 0.6 is 12.4 Å². The maximum Gasteiger partial charge on any atom is 0.228 e. The third-order valence-corrected chi connectivity index (χ3v) is 4.23. The monoisotopic (exact) mass is 354 g/mol. The molecule has 1 aromatic rings. The zero-order valence-electron chi connectivity index (χ0n) is 14.2. The number of rotatable bonds is 8. The summed E-state index contributed by atoms with van der Waals surface area (Å²) in [6.07, 6.45) is 3.29. The Morgan fingerprint density at radius 2 is 2.08 bits per heavy atom. The van der Waals surface area contributed by atoms with Gasteiger partial charge in [-0.3, -0.25) is 4.79 Å². The molecule has 1 aliphatic rings. The number of carbonyl (C=O) groups excluding carboxylic acids is 1. The second kappa shape index (κ2) is 10.3. The minimum atomic E-state index is -0.434. The topological polar surface area (TPSA) is 59.6 Å². The number of methoxy groups -OCH3 is 1. The highest BCUT2D eigenvalue weighted by atomic mass is 35.5. The zero-order chi connectivity index (χ0) is 16.5. The maximum absolute atomic E-state index is 12.7. The largest absolute Gasteiger partial charge is 0.489 e. The molecule has 2 rings (SSSR count). The van der Waals surface area contributed by atoms with Crippen molar-refractivity contribution in [2.24, 2.45) is 5.41 Å². The highest BCUT2D eigenvalue weighted by molar-refractivity contribution is 5.85. The van der Waals surface area contributed by atoms with Crippen molar-refractivity contribution < 1.29 is 14.3 Å². The lowest BCUT2D eigenvalue weighted by Crippen LogP contribution is -2.50. The Morgan fingerprint density at radius 3 is 2.75 bits per heavy atom. The van der Waals surface area contributed by atoms with E-state index in [4.69, 9.17) is 9.47 Å². The Balaban J connectivity index is 0.00000288. The molecular formula is C18H27ClN2O3. The average Bonchev–Trinajstić information content (AvgIpc) is 2.59. The van der Waals surface area contributed by atoms with Gasteiger partial charge in [0.2, 0.25) is 5.91 Å². The van der Waals surface area contributed by atoms with Crippen molar-refractivity contribution in [3.05, 3.63) is 42.5 Å². The summed E-state index contributed by atoms with van der Waals surface area (Å²) in [6.45, 7) is 6.69. The summed E-state index contributed by atoms with van der Waals surface area (Å²) in [5.74, 6) is 0.832. The van der Waals surface area contributed by atoms with E-state index < -0.39 is 5.41 Å².